The molecular formula is C13H27IN4O3S. The summed E-state index contributed by atoms with van der Waals surface area (Å²) in [6.45, 7) is 9.08. The van der Waals surface area contributed by atoms with Gasteiger partial charge in [-0.1, -0.05) is 6.08 Å². The highest BCUT2D eigenvalue weighted by Crippen LogP contribution is 2.14. The van der Waals surface area contributed by atoms with Gasteiger partial charge in [-0.15, -0.1) is 30.6 Å². The molecule has 0 amide bonds. The van der Waals surface area contributed by atoms with Crippen molar-refractivity contribution < 1.29 is 13.2 Å². The van der Waals surface area contributed by atoms with Crippen molar-refractivity contribution in [3.63, 3.8) is 0 Å². The van der Waals surface area contributed by atoms with Gasteiger partial charge in [0.05, 0.1) is 18.0 Å². The molecule has 0 radical (unpaired) electrons. The minimum Gasteiger partial charge on any atom is -0.373 e. The number of sulfonamides is 1. The van der Waals surface area contributed by atoms with Crippen LogP contribution >= 0.6 is 24.0 Å². The van der Waals surface area contributed by atoms with Gasteiger partial charge in [0, 0.05) is 33.2 Å². The maximum atomic E-state index is 12.3. The predicted molar refractivity (Wildman–Crippen MR) is 100 cm³/mol. The van der Waals surface area contributed by atoms with Crippen molar-refractivity contribution in [1.29, 1.82) is 0 Å². The van der Waals surface area contributed by atoms with Crippen LogP contribution in [-0.4, -0.2) is 69.9 Å². The fraction of sp³-hybridized carbons (Fsp3) is 0.769. The Bertz CT molecular complexity index is 460. The molecule has 2 unspecified atom stereocenters. The van der Waals surface area contributed by atoms with Crippen LogP contribution in [0.4, 0.5) is 0 Å². The monoisotopic (exact) mass is 446 g/mol. The second-order valence-corrected chi connectivity index (χ2v) is 7.15. The standard InChI is InChI=1S/C13H26N4O3S.HI/c1-5-6-15-13(14-4)16-7-8-21(18,19)17-9-11(2)20-12(3)10-17;/h5,11-12H,1,6-10H2,2-4H3,(H2,14,15,16);1H. The molecule has 0 aromatic heterocycles. The highest BCUT2D eigenvalue weighted by Gasteiger charge is 2.30. The molecule has 0 aliphatic carbocycles. The number of morpholine rings is 1. The molecular weight excluding hydrogens is 419 g/mol. The quantitative estimate of drug-likeness (QED) is 0.267. The Labute approximate surface area is 150 Å². The lowest BCUT2D eigenvalue weighted by Gasteiger charge is -2.34. The minimum absolute atomic E-state index is 0. The van der Waals surface area contributed by atoms with Gasteiger partial charge in [-0.05, 0) is 13.8 Å². The molecule has 2 N–H and O–H groups in total. The van der Waals surface area contributed by atoms with Crippen LogP contribution < -0.4 is 10.6 Å². The number of nitrogens with zero attached hydrogens (tertiary/aromatic N) is 2. The Hall–Kier alpha value is -0.390. The topological polar surface area (TPSA) is 83.0 Å². The molecule has 0 spiro atoms. The maximum Gasteiger partial charge on any atom is 0.216 e. The van der Waals surface area contributed by atoms with Crippen LogP contribution in [0.2, 0.25) is 0 Å². The third-order valence-corrected chi connectivity index (χ3v) is 4.87. The van der Waals surface area contributed by atoms with E-state index < -0.39 is 10.0 Å². The van der Waals surface area contributed by atoms with E-state index >= 15 is 0 Å². The Balaban J connectivity index is 0.00000441. The van der Waals surface area contributed by atoms with Crippen molar-refractivity contribution in [3.8, 4) is 0 Å². The molecule has 1 rings (SSSR count). The molecule has 1 saturated heterocycles. The second kappa shape index (κ2) is 10.4. The molecule has 2 atom stereocenters. The Morgan fingerprint density at radius 2 is 1.95 bits per heavy atom. The summed E-state index contributed by atoms with van der Waals surface area (Å²) in [5.41, 5.74) is 0. The van der Waals surface area contributed by atoms with Gasteiger partial charge in [-0.3, -0.25) is 4.99 Å². The molecule has 9 heteroatoms. The molecule has 0 aromatic rings. The Morgan fingerprint density at radius 1 is 1.36 bits per heavy atom. The van der Waals surface area contributed by atoms with E-state index in [1.807, 2.05) is 13.8 Å². The van der Waals surface area contributed by atoms with E-state index in [1.165, 1.54) is 4.31 Å². The number of halogens is 1. The predicted octanol–water partition coefficient (Wildman–Crippen LogP) is 0.394. The van der Waals surface area contributed by atoms with E-state index in [1.54, 1.807) is 13.1 Å². The van der Waals surface area contributed by atoms with Gasteiger partial charge in [0.1, 0.15) is 0 Å². The number of hydrogen-bond acceptors (Lipinski definition) is 4. The maximum absolute atomic E-state index is 12.3. The Kier molecular flexibility index (Phi) is 10.2. The van der Waals surface area contributed by atoms with Gasteiger partial charge >= 0.3 is 0 Å². The minimum atomic E-state index is -3.29. The van der Waals surface area contributed by atoms with Gasteiger partial charge in [-0.25, -0.2) is 8.42 Å². The zero-order valence-corrected chi connectivity index (χ0v) is 16.6. The summed E-state index contributed by atoms with van der Waals surface area (Å²) in [5, 5.41) is 5.97. The summed E-state index contributed by atoms with van der Waals surface area (Å²) < 4.78 is 31.7. The number of ether oxygens (including phenoxy) is 1. The number of aliphatic imine (C=N–C) groups is 1. The first kappa shape index (κ1) is 21.6. The first-order valence-corrected chi connectivity index (χ1v) is 8.68. The summed E-state index contributed by atoms with van der Waals surface area (Å²) in [6, 6.07) is 0. The fourth-order valence-electron chi connectivity index (χ4n) is 2.17. The van der Waals surface area contributed by atoms with Crippen LogP contribution in [0.5, 0.6) is 0 Å². The van der Waals surface area contributed by atoms with Crippen LogP contribution in [0.15, 0.2) is 17.6 Å². The molecule has 130 valence electrons. The van der Waals surface area contributed by atoms with Crippen LogP contribution in [0.25, 0.3) is 0 Å². The molecule has 0 aromatic carbocycles. The molecule has 1 heterocycles. The number of guanidine groups is 1. The van der Waals surface area contributed by atoms with Gasteiger partial charge in [0.25, 0.3) is 0 Å². The van der Waals surface area contributed by atoms with E-state index in [0.717, 1.165) is 0 Å². The lowest BCUT2D eigenvalue weighted by molar-refractivity contribution is -0.0440. The van der Waals surface area contributed by atoms with Crippen molar-refractivity contribution in [1.82, 2.24) is 14.9 Å². The first-order valence-electron chi connectivity index (χ1n) is 7.07. The lowest BCUT2D eigenvalue weighted by atomic mass is 10.3. The van der Waals surface area contributed by atoms with Crippen molar-refractivity contribution >= 4 is 40.0 Å². The zero-order chi connectivity index (χ0) is 15.9. The highest BCUT2D eigenvalue weighted by molar-refractivity contribution is 14.0. The zero-order valence-electron chi connectivity index (χ0n) is 13.4. The smallest absolute Gasteiger partial charge is 0.216 e. The molecule has 1 aliphatic heterocycles. The molecule has 22 heavy (non-hydrogen) atoms. The van der Waals surface area contributed by atoms with Crippen molar-refractivity contribution in [3.05, 3.63) is 12.7 Å². The summed E-state index contributed by atoms with van der Waals surface area (Å²) in [6.07, 6.45) is 1.57. The molecule has 7 nitrogen and oxygen atoms in total. The largest absolute Gasteiger partial charge is 0.373 e. The van der Waals surface area contributed by atoms with Gasteiger partial charge < -0.3 is 15.4 Å². The summed E-state index contributed by atoms with van der Waals surface area (Å²) in [5.74, 6) is 0.593. The van der Waals surface area contributed by atoms with E-state index in [4.69, 9.17) is 4.74 Å². The van der Waals surface area contributed by atoms with E-state index in [9.17, 15) is 8.42 Å². The number of nitrogens with one attached hydrogen (secondary N) is 2. The Morgan fingerprint density at radius 3 is 2.45 bits per heavy atom. The fourth-order valence-corrected chi connectivity index (χ4v) is 3.67. The van der Waals surface area contributed by atoms with Crippen molar-refractivity contribution in [2.24, 2.45) is 4.99 Å². The van der Waals surface area contributed by atoms with Gasteiger partial charge in [0.15, 0.2) is 5.96 Å². The van der Waals surface area contributed by atoms with Crippen LogP contribution in [0.3, 0.4) is 0 Å². The van der Waals surface area contributed by atoms with Crippen molar-refractivity contribution in [2.75, 3.05) is 39.0 Å². The second-order valence-electron chi connectivity index (χ2n) is 5.06. The highest BCUT2D eigenvalue weighted by atomic mass is 127. The van der Waals surface area contributed by atoms with E-state index in [0.29, 0.717) is 32.1 Å². The number of hydrogen-bond donors (Lipinski definition) is 2. The SMILES string of the molecule is C=CCNC(=NC)NCCS(=O)(=O)N1CC(C)OC(C)C1.I. The lowest BCUT2D eigenvalue weighted by Crippen LogP contribution is -2.50. The van der Waals surface area contributed by atoms with Gasteiger partial charge in [-0.2, -0.15) is 4.31 Å². The normalized spacial score (nSPS) is 23.5. The van der Waals surface area contributed by atoms with Crippen LogP contribution in [0.1, 0.15) is 13.8 Å². The average Bonchev–Trinajstić information content (AvgIpc) is 2.41. The van der Waals surface area contributed by atoms with Crippen molar-refractivity contribution in [2.45, 2.75) is 26.1 Å². The van der Waals surface area contributed by atoms with E-state index in [-0.39, 0.29) is 41.9 Å². The molecule has 1 fully saturated rings. The van der Waals surface area contributed by atoms with Gasteiger partial charge in [0.2, 0.25) is 10.0 Å². The van der Waals surface area contributed by atoms with E-state index in [2.05, 4.69) is 22.2 Å². The summed E-state index contributed by atoms with van der Waals surface area (Å²) in [7, 11) is -1.65. The van der Waals surface area contributed by atoms with Crippen LogP contribution in [0, 0.1) is 0 Å². The molecule has 1 aliphatic rings. The summed E-state index contributed by atoms with van der Waals surface area (Å²) >= 11 is 0. The first-order chi connectivity index (χ1) is 9.89. The third-order valence-electron chi connectivity index (χ3n) is 3.07. The third kappa shape index (κ3) is 7.25. The molecule has 0 saturated carbocycles. The summed E-state index contributed by atoms with van der Waals surface area (Å²) in [4.78, 5) is 4.00. The molecule has 0 bridgehead atoms. The van der Waals surface area contributed by atoms with Crippen LogP contribution in [-0.2, 0) is 14.8 Å². The number of rotatable bonds is 6. The average molecular weight is 446 g/mol.